The van der Waals surface area contributed by atoms with Gasteiger partial charge in [-0.2, -0.15) is 0 Å². The van der Waals surface area contributed by atoms with Gasteiger partial charge in [-0.15, -0.1) is 0 Å². The van der Waals surface area contributed by atoms with Gasteiger partial charge in [0.05, 0.1) is 6.10 Å². The number of benzene rings is 2. The van der Waals surface area contributed by atoms with Gasteiger partial charge in [-0.05, 0) is 63.1 Å². The number of hydrogen-bond acceptors (Lipinski definition) is 4. The summed E-state index contributed by atoms with van der Waals surface area (Å²) in [6.07, 6.45) is 2.05. The molecule has 1 unspecified atom stereocenters. The van der Waals surface area contributed by atoms with E-state index in [1.54, 1.807) is 12.1 Å². The molecule has 4 heteroatoms. The van der Waals surface area contributed by atoms with Crippen LogP contribution in [0.4, 0.5) is 0 Å². The lowest BCUT2D eigenvalue weighted by atomic mass is 9.89. The van der Waals surface area contributed by atoms with Crippen LogP contribution in [0.2, 0.25) is 0 Å². The maximum Gasteiger partial charge on any atom is 0.167 e. The van der Waals surface area contributed by atoms with Gasteiger partial charge in [0.15, 0.2) is 5.78 Å². The first-order valence-electron chi connectivity index (χ1n) is 9.32. The van der Waals surface area contributed by atoms with E-state index in [1.807, 2.05) is 50.2 Å². The Morgan fingerprint density at radius 2 is 2.00 bits per heavy atom. The molecule has 1 saturated heterocycles. The highest BCUT2D eigenvalue weighted by Crippen LogP contribution is 2.25. The molecule has 1 aliphatic heterocycles. The van der Waals surface area contributed by atoms with E-state index in [0.29, 0.717) is 0 Å². The molecule has 0 amide bonds. The lowest BCUT2D eigenvalue weighted by Gasteiger charge is -2.32. The fraction of sp³-hybridized carbons (Fsp3) is 0.409. The topological polar surface area (TPSA) is 49.8 Å². The monoisotopic (exact) mass is 353 g/mol. The number of nitrogens with zero attached hydrogens (tertiary/aromatic N) is 1. The lowest BCUT2D eigenvalue weighted by molar-refractivity contribution is 0.0811. The number of phenolic OH excluding ortho intramolecular Hbond substituents is 1. The second-order valence-electron chi connectivity index (χ2n) is 7.30. The van der Waals surface area contributed by atoms with Crippen molar-refractivity contribution in [3.05, 3.63) is 59.7 Å². The van der Waals surface area contributed by atoms with E-state index >= 15 is 0 Å². The predicted octanol–water partition coefficient (Wildman–Crippen LogP) is 4.27. The fourth-order valence-electron chi connectivity index (χ4n) is 3.50. The van der Waals surface area contributed by atoms with Gasteiger partial charge in [-0.25, -0.2) is 0 Å². The highest BCUT2D eigenvalue weighted by molar-refractivity contribution is 5.98. The molecule has 0 saturated carbocycles. The van der Waals surface area contributed by atoms with Crippen LogP contribution in [0.5, 0.6) is 11.5 Å². The van der Waals surface area contributed by atoms with E-state index in [-0.39, 0.29) is 23.6 Å². The Hall–Kier alpha value is -2.33. The summed E-state index contributed by atoms with van der Waals surface area (Å²) >= 11 is 0. The Morgan fingerprint density at radius 1 is 1.23 bits per heavy atom. The zero-order valence-electron chi connectivity index (χ0n) is 15.5. The third-order valence-electron chi connectivity index (χ3n) is 4.71. The van der Waals surface area contributed by atoms with Crippen LogP contribution in [0.15, 0.2) is 48.5 Å². The van der Waals surface area contributed by atoms with E-state index in [1.165, 1.54) is 0 Å². The molecule has 2 aromatic carbocycles. The number of hydrogen-bond donors (Lipinski definition) is 1. The summed E-state index contributed by atoms with van der Waals surface area (Å²) in [6.45, 7) is 6.55. The summed E-state index contributed by atoms with van der Waals surface area (Å²) in [6, 6.07) is 14.8. The van der Waals surface area contributed by atoms with Crippen LogP contribution < -0.4 is 4.74 Å². The van der Waals surface area contributed by atoms with Gasteiger partial charge in [0, 0.05) is 24.6 Å². The van der Waals surface area contributed by atoms with Gasteiger partial charge in [0.25, 0.3) is 0 Å². The molecular weight excluding hydrogens is 326 g/mol. The molecule has 4 nitrogen and oxygen atoms in total. The largest absolute Gasteiger partial charge is 0.508 e. The third kappa shape index (κ3) is 4.85. The number of ketones is 1. The average Bonchev–Trinajstić information content (AvgIpc) is 2.63. The minimum atomic E-state index is 0.0233. The predicted molar refractivity (Wildman–Crippen MR) is 103 cm³/mol. The average molecular weight is 353 g/mol. The van der Waals surface area contributed by atoms with Crippen LogP contribution in [0.25, 0.3) is 0 Å². The van der Waals surface area contributed by atoms with Crippen LogP contribution in [-0.2, 0) is 6.54 Å². The SMILES string of the molecule is CC(C)Oc1cccc(C(=O)C2CCCN(Cc3ccc(O)cc3)C2)c1. The van der Waals surface area contributed by atoms with Crippen molar-refractivity contribution in [1.82, 2.24) is 4.90 Å². The first-order valence-corrected chi connectivity index (χ1v) is 9.32. The fourth-order valence-corrected chi connectivity index (χ4v) is 3.50. The number of aromatic hydroxyl groups is 1. The summed E-state index contributed by atoms with van der Waals surface area (Å²) in [7, 11) is 0. The number of phenols is 1. The maximum atomic E-state index is 13.0. The molecule has 0 spiro atoms. The third-order valence-corrected chi connectivity index (χ3v) is 4.71. The zero-order chi connectivity index (χ0) is 18.5. The molecule has 0 aromatic heterocycles. The van der Waals surface area contributed by atoms with Crippen molar-refractivity contribution in [3.8, 4) is 11.5 Å². The molecular formula is C22H27NO3. The number of carbonyl (C=O) groups is 1. The van der Waals surface area contributed by atoms with E-state index in [4.69, 9.17) is 4.74 Å². The minimum absolute atomic E-state index is 0.0233. The molecule has 138 valence electrons. The molecule has 0 radical (unpaired) electrons. The Balaban J connectivity index is 1.65. The van der Waals surface area contributed by atoms with Gasteiger partial charge < -0.3 is 9.84 Å². The van der Waals surface area contributed by atoms with Gasteiger partial charge in [-0.3, -0.25) is 9.69 Å². The van der Waals surface area contributed by atoms with E-state index < -0.39 is 0 Å². The molecule has 3 rings (SSSR count). The second kappa shape index (κ2) is 8.37. The standard InChI is InChI=1S/C22H27NO3/c1-16(2)26-21-7-3-5-18(13-21)22(25)19-6-4-12-23(15-19)14-17-8-10-20(24)11-9-17/h3,5,7-11,13,16,19,24H,4,6,12,14-15H2,1-2H3. The molecule has 2 aromatic rings. The first-order chi connectivity index (χ1) is 12.5. The molecule has 1 aliphatic rings. The Labute approximate surface area is 155 Å². The molecule has 1 atom stereocenters. The van der Waals surface area contributed by atoms with Crippen LogP contribution >= 0.6 is 0 Å². The number of ether oxygens (including phenoxy) is 1. The number of carbonyl (C=O) groups excluding carboxylic acids is 1. The molecule has 1 heterocycles. The van der Waals surface area contributed by atoms with Crippen molar-refractivity contribution >= 4 is 5.78 Å². The van der Waals surface area contributed by atoms with Gasteiger partial charge in [0.2, 0.25) is 0 Å². The molecule has 1 N–H and O–H groups in total. The first kappa shape index (κ1) is 18.5. The molecule has 0 aliphatic carbocycles. The van der Waals surface area contributed by atoms with Gasteiger partial charge in [0.1, 0.15) is 11.5 Å². The van der Waals surface area contributed by atoms with E-state index in [0.717, 1.165) is 49.4 Å². The summed E-state index contributed by atoms with van der Waals surface area (Å²) in [4.78, 5) is 15.3. The van der Waals surface area contributed by atoms with Crippen LogP contribution in [0.3, 0.4) is 0 Å². The molecule has 1 fully saturated rings. The second-order valence-corrected chi connectivity index (χ2v) is 7.30. The Kier molecular flexibility index (Phi) is 5.94. The van der Waals surface area contributed by atoms with Crippen molar-refractivity contribution in [2.24, 2.45) is 5.92 Å². The quantitative estimate of drug-likeness (QED) is 0.788. The molecule has 26 heavy (non-hydrogen) atoms. The van der Waals surface area contributed by atoms with E-state index in [2.05, 4.69) is 4.90 Å². The zero-order valence-corrected chi connectivity index (χ0v) is 15.5. The number of Topliss-reactive ketones (excluding diaryl/α,β-unsaturated/α-hetero) is 1. The number of rotatable bonds is 6. The minimum Gasteiger partial charge on any atom is -0.508 e. The van der Waals surface area contributed by atoms with Crippen molar-refractivity contribution in [2.75, 3.05) is 13.1 Å². The van der Waals surface area contributed by atoms with Gasteiger partial charge >= 0.3 is 0 Å². The normalized spacial score (nSPS) is 18.0. The van der Waals surface area contributed by atoms with Crippen LogP contribution in [0.1, 0.15) is 42.6 Å². The van der Waals surface area contributed by atoms with Crippen LogP contribution in [0, 0.1) is 5.92 Å². The Bertz CT molecular complexity index is 739. The van der Waals surface area contributed by atoms with Crippen molar-refractivity contribution in [3.63, 3.8) is 0 Å². The van der Waals surface area contributed by atoms with Crippen LogP contribution in [-0.4, -0.2) is 35.0 Å². The highest BCUT2D eigenvalue weighted by atomic mass is 16.5. The smallest absolute Gasteiger partial charge is 0.167 e. The number of likely N-dealkylation sites (tertiary alicyclic amines) is 1. The lowest BCUT2D eigenvalue weighted by Crippen LogP contribution is -2.38. The highest BCUT2D eigenvalue weighted by Gasteiger charge is 2.26. The summed E-state index contributed by atoms with van der Waals surface area (Å²) in [5.41, 5.74) is 1.89. The molecule has 0 bridgehead atoms. The van der Waals surface area contributed by atoms with Crippen molar-refractivity contribution in [2.45, 2.75) is 39.3 Å². The van der Waals surface area contributed by atoms with Crippen molar-refractivity contribution in [1.29, 1.82) is 0 Å². The number of piperidine rings is 1. The van der Waals surface area contributed by atoms with E-state index in [9.17, 15) is 9.90 Å². The van der Waals surface area contributed by atoms with Crippen molar-refractivity contribution < 1.29 is 14.6 Å². The van der Waals surface area contributed by atoms with Gasteiger partial charge in [-0.1, -0.05) is 24.3 Å². The maximum absolute atomic E-state index is 13.0. The summed E-state index contributed by atoms with van der Waals surface area (Å²) < 4.78 is 5.72. The Morgan fingerprint density at radius 3 is 2.73 bits per heavy atom. The summed E-state index contributed by atoms with van der Waals surface area (Å²) in [5.74, 6) is 1.26. The summed E-state index contributed by atoms with van der Waals surface area (Å²) in [5, 5.41) is 9.41.